The van der Waals surface area contributed by atoms with Gasteiger partial charge < -0.3 is 5.32 Å². The van der Waals surface area contributed by atoms with Crippen molar-refractivity contribution in [2.24, 2.45) is 0 Å². The van der Waals surface area contributed by atoms with Crippen LogP contribution in [0.4, 0.5) is 5.82 Å². The molecule has 0 fully saturated rings. The van der Waals surface area contributed by atoms with Gasteiger partial charge in [-0.15, -0.1) is 11.3 Å². The van der Waals surface area contributed by atoms with Crippen molar-refractivity contribution in [1.82, 2.24) is 9.78 Å². The van der Waals surface area contributed by atoms with Gasteiger partial charge in [-0.3, -0.25) is 4.79 Å². The van der Waals surface area contributed by atoms with E-state index in [1.807, 2.05) is 30.3 Å². The normalized spacial score (nSPS) is 11.0. The minimum Gasteiger partial charge on any atom is -0.307 e. The third-order valence-corrected chi connectivity index (χ3v) is 4.59. The molecule has 0 radical (unpaired) electrons. The van der Waals surface area contributed by atoms with Crippen molar-refractivity contribution in [2.75, 3.05) is 5.32 Å². The Morgan fingerprint density at radius 1 is 1.21 bits per heavy atom. The fourth-order valence-electron chi connectivity index (χ4n) is 2.35. The van der Waals surface area contributed by atoms with Gasteiger partial charge in [0.15, 0.2) is 0 Å². The van der Waals surface area contributed by atoms with Crippen LogP contribution in [-0.2, 0) is 11.3 Å². The van der Waals surface area contributed by atoms with Crippen molar-refractivity contribution in [1.29, 1.82) is 0 Å². The summed E-state index contributed by atoms with van der Waals surface area (Å²) in [6, 6.07) is 16.1. The number of anilines is 1. The van der Waals surface area contributed by atoms with Crippen molar-refractivity contribution in [3.63, 3.8) is 0 Å². The molecule has 3 aromatic rings. The van der Waals surface area contributed by atoms with Gasteiger partial charge in [0.25, 0.3) is 0 Å². The van der Waals surface area contributed by atoms with E-state index in [1.54, 1.807) is 34.4 Å². The number of aromatic nitrogens is 2. The molecule has 1 amide bonds. The molecule has 3 rings (SSSR count). The Bertz CT molecular complexity index is 833. The van der Waals surface area contributed by atoms with Crippen LogP contribution in [0.15, 0.2) is 60.8 Å². The molecule has 2 aromatic heterocycles. The van der Waals surface area contributed by atoms with Crippen LogP contribution in [0.5, 0.6) is 0 Å². The van der Waals surface area contributed by atoms with Gasteiger partial charge in [0.05, 0.1) is 6.20 Å². The highest BCUT2D eigenvalue weighted by molar-refractivity contribution is 7.16. The monoisotopic (exact) mass is 337 g/mol. The average Bonchev–Trinajstić information content (AvgIpc) is 3.24. The first-order valence-electron chi connectivity index (χ1n) is 7.92. The van der Waals surface area contributed by atoms with Gasteiger partial charge in [-0.1, -0.05) is 37.3 Å². The number of amides is 1. The summed E-state index contributed by atoms with van der Waals surface area (Å²) in [5.41, 5.74) is 1.19. The molecule has 0 saturated heterocycles. The molecule has 1 N–H and O–H groups in total. The quantitative estimate of drug-likeness (QED) is 0.664. The van der Waals surface area contributed by atoms with E-state index in [9.17, 15) is 4.79 Å². The zero-order chi connectivity index (χ0) is 16.8. The van der Waals surface area contributed by atoms with E-state index in [0.717, 1.165) is 23.7 Å². The molecule has 5 heteroatoms. The van der Waals surface area contributed by atoms with Crippen molar-refractivity contribution in [2.45, 2.75) is 19.9 Å². The van der Waals surface area contributed by atoms with E-state index in [4.69, 9.17) is 0 Å². The van der Waals surface area contributed by atoms with Gasteiger partial charge >= 0.3 is 0 Å². The van der Waals surface area contributed by atoms with E-state index in [-0.39, 0.29) is 5.91 Å². The molecule has 2 heterocycles. The van der Waals surface area contributed by atoms with Crippen LogP contribution in [0.1, 0.15) is 18.2 Å². The van der Waals surface area contributed by atoms with Gasteiger partial charge in [0.1, 0.15) is 5.82 Å². The molecular formula is C19H19N3OS. The van der Waals surface area contributed by atoms with Crippen molar-refractivity contribution in [3.8, 4) is 10.4 Å². The lowest BCUT2D eigenvalue weighted by Gasteiger charge is -2.05. The van der Waals surface area contributed by atoms with E-state index in [2.05, 4.69) is 35.5 Å². The van der Waals surface area contributed by atoms with Crippen LogP contribution in [0.25, 0.3) is 16.5 Å². The Balaban J connectivity index is 1.64. The standard InChI is InChI=1S/C19H19N3OS/c1-2-14-22-18(12-13-20-22)21-19(23)11-9-16-8-10-17(24-16)15-6-4-3-5-7-15/h3-13H,2,14H2,1H3,(H,21,23)/b11-9+. The maximum atomic E-state index is 12.1. The van der Waals surface area contributed by atoms with Crippen molar-refractivity contribution in [3.05, 3.63) is 65.7 Å². The number of aryl methyl sites for hydroxylation is 1. The second-order valence-electron chi connectivity index (χ2n) is 5.33. The second kappa shape index (κ2) is 7.75. The number of thiophene rings is 1. The van der Waals surface area contributed by atoms with E-state index >= 15 is 0 Å². The summed E-state index contributed by atoms with van der Waals surface area (Å²) in [5.74, 6) is 0.574. The zero-order valence-corrected chi connectivity index (χ0v) is 14.3. The number of carbonyl (C=O) groups is 1. The summed E-state index contributed by atoms with van der Waals surface area (Å²) in [4.78, 5) is 14.3. The molecule has 1 aromatic carbocycles. The first kappa shape index (κ1) is 16.2. The molecule has 0 saturated carbocycles. The molecule has 0 aliphatic heterocycles. The Morgan fingerprint density at radius 3 is 2.83 bits per heavy atom. The number of rotatable bonds is 6. The molecule has 0 aliphatic rings. The van der Waals surface area contributed by atoms with Crippen LogP contribution in [0, 0.1) is 0 Å². The fourth-order valence-corrected chi connectivity index (χ4v) is 3.27. The van der Waals surface area contributed by atoms with Crippen LogP contribution < -0.4 is 5.32 Å². The highest BCUT2D eigenvalue weighted by Crippen LogP contribution is 2.28. The highest BCUT2D eigenvalue weighted by atomic mass is 32.1. The number of hydrogen-bond acceptors (Lipinski definition) is 3. The van der Waals surface area contributed by atoms with Gasteiger partial charge in [0, 0.05) is 28.4 Å². The third-order valence-electron chi connectivity index (χ3n) is 3.49. The van der Waals surface area contributed by atoms with Crippen LogP contribution in [0.2, 0.25) is 0 Å². The predicted octanol–water partition coefficient (Wildman–Crippen LogP) is 4.67. The Morgan fingerprint density at radius 2 is 2.04 bits per heavy atom. The lowest BCUT2D eigenvalue weighted by molar-refractivity contribution is -0.111. The van der Waals surface area contributed by atoms with Crippen LogP contribution in [0.3, 0.4) is 0 Å². The molecular weight excluding hydrogens is 318 g/mol. The summed E-state index contributed by atoms with van der Waals surface area (Å²) >= 11 is 1.66. The lowest BCUT2D eigenvalue weighted by Crippen LogP contribution is -2.13. The highest BCUT2D eigenvalue weighted by Gasteiger charge is 2.05. The first-order valence-corrected chi connectivity index (χ1v) is 8.74. The van der Waals surface area contributed by atoms with Crippen LogP contribution in [-0.4, -0.2) is 15.7 Å². The molecule has 0 atom stereocenters. The maximum Gasteiger partial charge on any atom is 0.249 e. The van der Waals surface area contributed by atoms with E-state index in [1.165, 1.54) is 10.4 Å². The number of benzene rings is 1. The molecule has 0 spiro atoms. The summed E-state index contributed by atoms with van der Waals surface area (Å²) in [7, 11) is 0. The SMILES string of the molecule is CCCn1nccc1NC(=O)/C=C/c1ccc(-c2ccccc2)s1. The zero-order valence-electron chi connectivity index (χ0n) is 13.5. The molecule has 4 nitrogen and oxygen atoms in total. The molecule has 122 valence electrons. The van der Waals surface area contributed by atoms with Crippen molar-refractivity contribution < 1.29 is 4.79 Å². The number of nitrogens with one attached hydrogen (secondary N) is 1. The van der Waals surface area contributed by atoms with E-state index in [0.29, 0.717) is 0 Å². The summed E-state index contributed by atoms with van der Waals surface area (Å²) in [5, 5.41) is 7.06. The second-order valence-corrected chi connectivity index (χ2v) is 6.45. The predicted molar refractivity (Wildman–Crippen MR) is 99.9 cm³/mol. The van der Waals surface area contributed by atoms with Gasteiger partial charge in [0.2, 0.25) is 5.91 Å². The molecule has 0 aliphatic carbocycles. The Labute approximate surface area is 145 Å². The van der Waals surface area contributed by atoms with E-state index < -0.39 is 0 Å². The van der Waals surface area contributed by atoms with Crippen LogP contribution >= 0.6 is 11.3 Å². The number of nitrogens with zero attached hydrogens (tertiary/aromatic N) is 2. The van der Waals surface area contributed by atoms with Gasteiger partial charge in [-0.05, 0) is 30.2 Å². The molecule has 0 bridgehead atoms. The average molecular weight is 337 g/mol. The first-order chi connectivity index (χ1) is 11.8. The van der Waals surface area contributed by atoms with Gasteiger partial charge in [-0.25, -0.2) is 4.68 Å². The molecule has 0 unspecified atom stereocenters. The largest absolute Gasteiger partial charge is 0.307 e. The summed E-state index contributed by atoms with van der Waals surface area (Å²) in [6.45, 7) is 2.87. The Kier molecular flexibility index (Phi) is 5.23. The van der Waals surface area contributed by atoms with Gasteiger partial charge in [-0.2, -0.15) is 5.10 Å². The third kappa shape index (κ3) is 4.00. The molecule has 24 heavy (non-hydrogen) atoms. The summed E-state index contributed by atoms with van der Waals surface area (Å²) in [6.07, 6.45) is 6.06. The fraction of sp³-hybridized carbons (Fsp3) is 0.158. The summed E-state index contributed by atoms with van der Waals surface area (Å²) < 4.78 is 1.80. The smallest absolute Gasteiger partial charge is 0.249 e. The van der Waals surface area contributed by atoms with Crippen molar-refractivity contribution >= 4 is 29.1 Å². The minimum absolute atomic E-state index is 0.150. The number of hydrogen-bond donors (Lipinski definition) is 1. The lowest BCUT2D eigenvalue weighted by atomic mass is 10.2. The number of carbonyl (C=O) groups excluding carboxylic acids is 1. The topological polar surface area (TPSA) is 46.9 Å². The Hall–Kier alpha value is -2.66. The maximum absolute atomic E-state index is 12.1. The minimum atomic E-state index is -0.150.